The molecule has 0 aliphatic heterocycles. The number of hydrogen-bond donors (Lipinski definition) is 0. The van der Waals surface area contributed by atoms with Gasteiger partial charge in [-0.05, 0) is 56.3 Å². The number of ketones is 1. The Hall–Kier alpha value is -0.850. The predicted molar refractivity (Wildman–Crippen MR) is 94.8 cm³/mol. The van der Waals surface area contributed by atoms with Crippen LogP contribution in [0.3, 0.4) is 0 Å². The molecule has 0 aromatic heterocycles. The summed E-state index contributed by atoms with van der Waals surface area (Å²) in [6, 6.07) is 0. The van der Waals surface area contributed by atoms with E-state index in [1.807, 2.05) is 0 Å². The van der Waals surface area contributed by atoms with Gasteiger partial charge in [0.05, 0.1) is 0 Å². The molecule has 0 spiro atoms. The van der Waals surface area contributed by atoms with E-state index in [0.717, 1.165) is 25.2 Å². The van der Waals surface area contributed by atoms with Gasteiger partial charge < -0.3 is 0 Å². The van der Waals surface area contributed by atoms with Crippen LogP contribution in [-0.4, -0.2) is 5.78 Å². The van der Waals surface area contributed by atoms with Gasteiger partial charge in [-0.1, -0.05) is 56.9 Å². The zero-order valence-electron chi connectivity index (χ0n) is 15.1. The topological polar surface area (TPSA) is 17.1 Å². The van der Waals surface area contributed by atoms with Crippen molar-refractivity contribution < 1.29 is 4.79 Å². The lowest BCUT2D eigenvalue weighted by molar-refractivity contribution is -0.118. The molecule has 1 fully saturated rings. The fourth-order valence-corrected chi connectivity index (χ4v) is 4.03. The third kappa shape index (κ3) is 4.83. The molecule has 1 atom stereocenters. The molecule has 2 aliphatic carbocycles. The molecule has 0 heterocycles. The minimum Gasteiger partial charge on any atom is -0.299 e. The second-order valence-electron chi connectivity index (χ2n) is 8.16. The molecule has 2 aliphatic rings. The number of allylic oxidation sites excluding steroid dienone is 4. The second-order valence-corrected chi connectivity index (χ2v) is 8.16. The van der Waals surface area contributed by atoms with Gasteiger partial charge in [-0.2, -0.15) is 0 Å². The van der Waals surface area contributed by atoms with Gasteiger partial charge in [0.25, 0.3) is 0 Å². The van der Waals surface area contributed by atoms with E-state index in [2.05, 4.69) is 39.8 Å². The Bertz CT molecular complexity index is 449. The molecule has 2 rings (SSSR count). The highest BCUT2D eigenvalue weighted by molar-refractivity contribution is 5.79. The zero-order valence-corrected chi connectivity index (χ0v) is 15.1. The Kier molecular flexibility index (Phi) is 6.06. The van der Waals surface area contributed by atoms with Gasteiger partial charge in [-0.3, -0.25) is 4.79 Å². The molecule has 0 aromatic rings. The lowest BCUT2D eigenvalue weighted by Crippen LogP contribution is -2.29. The molecule has 1 heteroatoms. The Labute approximate surface area is 137 Å². The first kappa shape index (κ1) is 17.5. The van der Waals surface area contributed by atoms with Crippen LogP contribution in [0.2, 0.25) is 0 Å². The number of rotatable bonds is 8. The van der Waals surface area contributed by atoms with Crippen LogP contribution < -0.4 is 0 Å². The van der Waals surface area contributed by atoms with Crippen molar-refractivity contribution in [1.29, 1.82) is 0 Å². The van der Waals surface area contributed by atoms with E-state index in [0.29, 0.717) is 23.5 Å². The van der Waals surface area contributed by atoms with Gasteiger partial charge in [-0.25, -0.2) is 0 Å². The normalized spacial score (nSPS) is 25.0. The van der Waals surface area contributed by atoms with Crippen molar-refractivity contribution in [3.63, 3.8) is 0 Å². The lowest BCUT2D eigenvalue weighted by Gasteiger charge is -2.41. The molecule has 0 aromatic carbocycles. The zero-order chi connectivity index (χ0) is 16.2. The van der Waals surface area contributed by atoms with Crippen molar-refractivity contribution >= 4 is 5.78 Å². The number of carbonyl (C=O) groups is 1. The second kappa shape index (κ2) is 7.62. The molecule has 124 valence electrons. The van der Waals surface area contributed by atoms with Crippen LogP contribution in [0.5, 0.6) is 0 Å². The molecule has 1 saturated carbocycles. The summed E-state index contributed by atoms with van der Waals surface area (Å²) in [4.78, 5) is 11.9. The van der Waals surface area contributed by atoms with Crippen LogP contribution in [0, 0.1) is 17.3 Å². The molecule has 0 amide bonds. The van der Waals surface area contributed by atoms with Crippen molar-refractivity contribution in [1.82, 2.24) is 0 Å². The quantitative estimate of drug-likeness (QED) is 0.485. The van der Waals surface area contributed by atoms with E-state index in [-0.39, 0.29) is 0 Å². The van der Waals surface area contributed by atoms with Crippen molar-refractivity contribution in [2.24, 2.45) is 17.3 Å². The molecule has 0 bridgehead atoms. The summed E-state index contributed by atoms with van der Waals surface area (Å²) in [5, 5.41) is 0. The number of Topliss-reactive ketones (excluding diaryl/α,β-unsaturated/α-hetero) is 1. The van der Waals surface area contributed by atoms with E-state index in [9.17, 15) is 4.79 Å². The fraction of sp³-hybridized carbons (Fsp3) is 0.762. The Balaban J connectivity index is 1.82. The Morgan fingerprint density at radius 2 is 2.00 bits per heavy atom. The minimum absolute atomic E-state index is 0.421. The van der Waals surface area contributed by atoms with Crippen molar-refractivity contribution in [3.8, 4) is 0 Å². The van der Waals surface area contributed by atoms with E-state index in [1.54, 1.807) is 11.1 Å². The first-order valence-corrected chi connectivity index (χ1v) is 9.29. The Morgan fingerprint density at radius 3 is 2.64 bits per heavy atom. The third-order valence-corrected chi connectivity index (χ3v) is 5.84. The third-order valence-electron chi connectivity index (χ3n) is 5.84. The van der Waals surface area contributed by atoms with Crippen molar-refractivity contribution in [2.45, 2.75) is 85.5 Å². The molecule has 1 unspecified atom stereocenters. The maximum Gasteiger partial charge on any atom is 0.136 e. The summed E-state index contributed by atoms with van der Waals surface area (Å²) in [6.07, 6.45) is 14.5. The van der Waals surface area contributed by atoms with Crippen LogP contribution in [0.25, 0.3) is 0 Å². The highest BCUT2D eigenvalue weighted by Gasteiger charge is 2.34. The highest BCUT2D eigenvalue weighted by Crippen LogP contribution is 2.46. The minimum atomic E-state index is 0.421. The maximum atomic E-state index is 11.9. The summed E-state index contributed by atoms with van der Waals surface area (Å²) < 4.78 is 0. The lowest BCUT2D eigenvalue weighted by atomic mass is 9.64. The summed E-state index contributed by atoms with van der Waals surface area (Å²) in [5.74, 6) is 2.00. The van der Waals surface area contributed by atoms with E-state index < -0.39 is 0 Å². The molecule has 0 radical (unpaired) electrons. The number of hydrogen-bond acceptors (Lipinski definition) is 1. The summed E-state index contributed by atoms with van der Waals surface area (Å²) in [5.41, 5.74) is 3.66. The van der Waals surface area contributed by atoms with Gasteiger partial charge in [0.2, 0.25) is 0 Å². The van der Waals surface area contributed by atoms with Crippen LogP contribution in [0.15, 0.2) is 23.3 Å². The molecular formula is C21H34O. The SMILES string of the molecule is CCC1C(CC=CCC(=O)CCC2CC2)=C(C)CCC1(C)C. The van der Waals surface area contributed by atoms with Crippen molar-refractivity contribution in [3.05, 3.63) is 23.3 Å². The monoisotopic (exact) mass is 302 g/mol. The smallest absolute Gasteiger partial charge is 0.136 e. The molecule has 1 nitrogen and oxygen atoms in total. The van der Waals surface area contributed by atoms with Crippen LogP contribution in [0.4, 0.5) is 0 Å². The highest BCUT2D eigenvalue weighted by atomic mass is 16.1. The fourth-order valence-electron chi connectivity index (χ4n) is 4.03. The average Bonchev–Trinajstić information content (AvgIpc) is 3.29. The van der Waals surface area contributed by atoms with Crippen LogP contribution in [-0.2, 0) is 4.79 Å². The van der Waals surface area contributed by atoms with E-state index in [4.69, 9.17) is 0 Å². The first-order valence-electron chi connectivity index (χ1n) is 9.29. The van der Waals surface area contributed by atoms with Gasteiger partial charge in [0.1, 0.15) is 5.78 Å². The molecule has 0 N–H and O–H groups in total. The van der Waals surface area contributed by atoms with E-state index in [1.165, 1.54) is 32.1 Å². The number of carbonyl (C=O) groups excluding carboxylic acids is 1. The first-order chi connectivity index (χ1) is 10.4. The maximum absolute atomic E-state index is 11.9. The predicted octanol–water partition coefficient (Wildman–Crippen LogP) is 6.24. The summed E-state index contributed by atoms with van der Waals surface area (Å²) in [6.45, 7) is 9.45. The largest absolute Gasteiger partial charge is 0.299 e. The summed E-state index contributed by atoms with van der Waals surface area (Å²) in [7, 11) is 0. The van der Waals surface area contributed by atoms with Gasteiger partial charge in [0.15, 0.2) is 0 Å². The summed E-state index contributed by atoms with van der Waals surface area (Å²) >= 11 is 0. The van der Waals surface area contributed by atoms with E-state index >= 15 is 0 Å². The van der Waals surface area contributed by atoms with Gasteiger partial charge >= 0.3 is 0 Å². The Morgan fingerprint density at radius 1 is 1.27 bits per heavy atom. The van der Waals surface area contributed by atoms with Gasteiger partial charge in [-0.15, -0.1) is 0 Å². The molecular weight excluding hydrogens is 268 g/mol. The average molecular weight is 303 g/mol. The van der Waals surface area contributed by atoms with Gasteiger partial charge in [0, 0.05) is 12.8 Å². The molecule has 0 saturated heterocycles. The van der Waals surface area contributed by atoms with Crippen LogP contribution in [0.1, 0.15) is 85.5 Å². The van der Waals surface area contributed by atoms with Crippen molar-refractivity contribution in [2.75, 3.05) is 0 Å². The molecule has 22 heavy (non-hydrogen) atoms. The standard InChI is InChI=1S/C21H34O/c1-5-20-19(16(2)14-15-21(20,3)4)9-7-6-8-18(22)13-12-17-10-11-17/h6-7,17,20H,5,8-15H2,1-4H3. The van der Waals surface area contributed by atoms with Crippen LogP contribution >= 0.6 is 0 Å².